The normalized spacial score (nSPS) is 13.1. The minimum Gasteiger partial charge on any atom is -0.0623 e. The SMILES string of the molecule is Cc1c2c(cc3c(-c4cccc(-c5ccc6ccccc6c5)c4)c4ccccc4c(-c4cccc(-c5ccc6ccccc6c5)c4)c13)-c1ccccc1[Si]2(C)C. The first-order valence-electron chi connectivity index (χ1n) is 19.8. The third kappa shape index (κ3) is 4.98. The van der Waals surface area contributed by atoms with Gasteiger partial charge in [0.05, 0.1) is 0 Å². The van der Waals surface area contributed by atoms with Gasteiger partial charge in [0.25, 0.3) is 0 Å². The summed E-state index contributed by atoms with van der Waals surface area (Å²) in [6, 6.07) is 70.4. The van der Waals surface area contributed by atoms with Crippen molar-refractivity contribution < 1.29 is 0 Å². The first-order chi connectivity index (χ1) is 27.4. The molecule has 1 heterocycles. The Bertz CT molecular complexity index is 3240. The van der Waals surface area contributed by atoms with Gasteiger partial charge in [-0.3, -0.25) is 0 Å². The van der Waals surface area contributed by atoms with E-state index < -0.39 is 8.07 Å². The summed E-state index contributed by atoms with van der Waals surface area (Å²) in [5, 5.41) is 13.4. The van der Waals surface area contributed by atoms with Gasteiger partial charge in [-0.05, 0) is 152 Å². The van der Waals surface area contributed by atoms with Crippen molar-refractivity contribution in [2.24, 2.45) is 0 Å². The molecule has 56 heavy (non-hydrogen) atoms. The van der Waals surface area contributed by atoms with E-state index in [0.29, 0.717) is 0 Å². The second-order valence-electron chi connectivity index (χ2n) is 16.1. The van der Waals surface area contributed by atoms with Crippen LogP contribution in [-0.4, -0.2) is 8.07 Å². The van der Waals surface area contributed by atoms with Crippen LogP contribution in [0.1, 0.15) is 5.56 Å². The fourth-order valence-corrected chi connectivity index (χ4v) is 13.6. The van der Waals surface area contributed by atoms with Gasteiger partial charge in [0.1, 0.15) is 8.07 Å². The Balaban J connectivity index is 1.22. The largest absolute Gasteiger partial charge is 0.114 e. The molecule has 0 saturated heterocycles. The van der Waals surface area contributed by atoms with Crippen LogP contribution in [0.4, 0.5) is 0 Å². The lowest BCUT2D eigenvalue weighted by Crippen LogP contribution is -2.50. The Morgan fingerprint density at radius 2 is 0.821 bits per heavy atom. The van der Waals surface area contributed by atoms with E-state index in [4.69, 9.17) is 0 Å². The van der Waals surface area contributed by atoms with Crippen molar-refractivity contribution >= 4 is 61.5 Å². The molecule has 10 aromatic rings. The number of fused-ring (bicyclic) bond motifs is 7. The lowest BCUT2D eigenvalue weighted by molar-refractivity contribution is 1.55. The zero-order valence-corrected chi connectivity index (χ0v) is 32.9. The van der Waals surface area contributed by atoms with Gasteiger partial charge in [0, 0.05) is 0 Å². The molecule has 1 aliphatic heterocycles. The summed E-state index contributed by atoms with van der Waals surface area (Å²) in [4.78, 5) is 0. The van der Waals surface area contributed by atoms with E-state index >= 15 is 0 Å². The molecule has 0 spiro atoms. The summed E-state index contributed by atoms with van der Waals surface area (Å²) in [5.74, 6) is 0. The van der Waals surface area contributed by atoms with Crippen LogP contribution in [0, 0.1) is 6.92 Å². The lowest BCUT2D eigenvalue weighted by Gasteiger charge is -2.25. The molecule has 264 valence electrons. The minimum absolute atomic E-state index is 1.23. The summed E-state index contributed by atoms with van der Waals surface area (Å²) in [5.41, 5.74) is 14.3. The molecule has 0 unspecified atom stereocenters. The Kier molecular flexibility index (Phi) is 7.33. The molecule has 1 aliphatic rings. The van der Waals surface area contributed by atoms with Gasteiger partial charge in [-0.15, -0.1) is 0 Å². The van der Waals surface area contributed by atoms with E-state index in [1.54, 1.807) is 5.19 Å². The predicted molar refractivity (Wildman–Crippen MR) is 245 cm³/mol. The van der Waals surface area contributed by atoms with E-state index in [1.807, 2.05) is 0 Å². The molecule has 0 aromatic heterocycles. The van der Waals surface area contributed by atoms with Gasteiger partial charge in [-0.2, -0.15) is 0 Å². The van der Waals surface area contributed by atoms with Gasteiger partial charge in [-0.25, -0.2) is 0 Å². The van der Waals surface area contributed by atoms with Crippen LogP contribution in [0.15, 0.2) is 188 Å². The second-order valence-corrected chi connectivity index (χ2v) is 20.4. The van der Waals surface area contributed by atoms with Gasteiger partial charge >= 0.3 is 0 Å². The zero-order chi connectivity index (χ0) is 37.5. The average Bonchev–Trinajstić information content (AvgIpc) is 3.48. The number of rotatable bonds is 4. The summed E-state index contributed by atoms with van der Waals surface area (Å²) < 4.78 is 0. The Labute approximate surface area is 329 Å². The Morgan fingerprint density at radius 3 is 1.45 bits per heavy atom. The number of aryl methyl sites for hydroxylation is 1. The topological polar surface area (TPSA) is 0 Å². The highest BCUT2D eigenvalue weighted by molar-refractivity contribution is 7.04. The van der Waals surface area contributed by atoms with Crippen LogP contribution in [0.25, 0.3) is 98.7 Å². The van der Waals surface area contributed by atoms with E-state index in [-0.39, 0.29) is 0 Å². The summed E-state index contributed by atoms with van der Waals surface area (Å²) >= 11 is 0. The highest BCUT2D eigenvalue weighted by Gasteiger charge is 2.39. The molecule has 0 saturated carbocycles. The molecule has 0 radical (unpaired) electrons. The van der Waals surface area contributed by atoms with Crippen molar-refractivity contribution in [2.75, 3.05) is 0 Å². The first-order valence-corrected chi connectivity index (χ1v) is 22.8. The van der Waals surface area contributed by atoms with Gasteiger partial charge < -0.3 is 0 Å². The van der Waals surface area contributed by atoms with Crippen LogP contribution >= 0.6 is 0 Å². The van der Waals surface area contributed by atoms with Gasteiger partial charge in [0.2, 0.25) is 0 Å². The van der Waals surface area contributed by atoms with Gasteiger partial charge in [-0.1, -0.05) is 171 Å². The summed E-state index contributed by atoms with van der Waals surface area (Å²) in [6.45, 7) is 7.51. The molecule has 11 rings (SSSR count). The van der Waals surface area contributed by atoms with Crippen LogP contribution in [-0.2, 0) is 0 Å². The fourth-order valence-electron chi connectivity index (χ4n) is 10.0. The van der Waals surface area contributed by atoms with Crippen molar-refractivity contribution in [2.45, 2.75) is 20.0 Å². The molecule has 0 fully saturated rings. The average molecular weight is 729 g/mol. The summed E-state index contributed by atoms with van der Waals surface area (Å²) in [6.07, 6.45) is 0. The van der Waals surface area contributed by atoms with E-state index in [1.165, 1.54) is 109 Å². The second kappa shape index (κ2) is 12.5. The molecule has 0 N–H and O–H groups in total. The molecule has 0 nitrogen and oxygen atoms in total. The maximum absolute atomic E-state index is 2.57. The number of hydrogen-bond donors (Lipinski definition) is 0. The van der Waals surface area contributed by atoms with Crippen molar-refractivity contribution in [1.82, 2.24) is 0 Å². The Morgan fingerprint density at radius 1 is 0.339 bits per heavy atom. The third-order valence-electron chi connectivity index (χ3n) is 12.5. The highest BCUT2D eigenvalue weighted by atomic mass is 28.3. The molecular formula is C55H40Si. The monoisotopic (exact) mass is 728 g/mol. The van der Waals surface area contributed by atoms with Crippen molar-refractivity contribution in [1.29, 1.82) is 0 Å². The van der Waals surface area contributed by atoms with Crippen LogP contribution < -0.4 is 10.4 Å². The highest BCUT2D eigenvalue weighted by Crippen LogP contribution is 2.48. The summed E-state index contributed by atoms with van der Waals surface area (Å²) in [7, 11) is -2.00. The zero-order valence-electron chi connectivity index (χ0n) is 31.9. The molecule has 0 atom stereocenters. The molecule has 0 bridgehead atoms. The Hall–Kier alpha value is -6.54. The smallest absolute Gasteiger partial charge is 0.0623 e. The van der Waals surface area contributed by atoms with Gasteiger partial charge in [0.15, 0.2) is 0 Å². The van der Waals surface area contributed by atoms with Crippen LogP contribution in [0.2, 0.25) is 13.1 Å². The van der Waals surface area contributed by atoms with E-state index in [2.05, 4.69) is 208 Å². The van der Waals surface area contributed by atoms with E-state index in [9.17, 15) is 0 Å². The van der Waals surface area contributed by atoms with Crippen molar-refractivity contribution in [3.05, 3.63) is 194 Å². The fraction of sp³-hybridized carbons (Fsp3) is 0.0545. The van der Waals surface area contributed by atoms with Crippen LogP contribution in [0.3, 0.4) is 0 Å². The maximum Gasteiger partial charge on any atom is 0.114 e. The number of benzene rings is 10. The lowest BCUT2D eigenvalue weighted by atomic mass is 9.82. The maximum atomic E-state index is 2.57. The predicted octanol–water partition coefficient (Wildman–Crippen LogP) is 14.1. The molecule has 0 amide bonds. The number of hydrogen-bond acceptors (Lipinski definition) is 0. The molecular weight excluding hydrogens is 689 g/mol. The molecule has 10 aromatic carbocycles. The molecule has 1 heteroatoms. The van der Waals surface area contributed by atoms with E-state index in [0.717, 1.165) is 0 Å². The van der Waals surface area contributed by atoms with Crippen molar-refractivity contribution in [3.63, 3.8) is 0 Å². The minimum atomic E-state index is -2.00. The third-order valence-corrected chi connectivity index (χ3v) is 16.2. The molecule has 0 aliphatic carbocycles. The quantitative estimate of drug-likeness (QED) is 0.125. The first kappa shape index (κ1) is 32.8. The standard InChI is InChI=1S/C55H40Si/c1-35-52-50(34-49-46-22-10-11-25-51(46)56(2,3)55(35)49)53(44-20-12-18-40(32-44)42-28-26-36-14-4-6-16-38(36)30-42)47-23-8-9-24-48(47)54(52)45-21-13-19-41(33-45)43-29-27-37-15-5-7-17-39(37)31-43/h4-34H,1-3H3. The van der Waals surface area contributed by atoms with Crippen LogP contribution in [0.5, 0.6) is 0 Å². The van der Waals surface area contributed by atoms with Crippen molar-refractivity contribution in [3.8, 4) is 55.6 Å².